The molecule has 0 radical (unpaired) electrons. The number of nitrogens with zero attached hydrogens (tertiary/aromatic N) is 4. The van der Waals surface area contributed by atoms with Crippen LogP contribution in [0.25, 0.3) is 11.4 Å². The molecule has 1 aromatic heterocycles. The maximum absolute atomic E-state index is 13.1. The Morgan fingerprint density at radius 3 is 2.57 bits per heavy atom. The average molecular weight is 479 g/mol. The summed E-state index contributed by atoms with van der Waals surface area (Å²) in [5.41, 5.74) is 2.78. The first-order valence-electron chi connectivity index (χ1n) is 12.3. The van der Waals surface area contributed by atoms with Crippen molar-refractivity contribution in [3.05, 3.63) is 65.5 Å². The van der Waals surface area contributed by atoms with Gasteiger partial charge in [-0.25, -0.2) is 0 Å². The summed E-state index contributed by atoms with van der Waals surface area (Å²) in [6.07, 6.45) is 1.67. The zero-order valence-electron chi connectivity index (χ0n) is 20.6. The Kier molecular flexibility index (Phi) is 8.86. The SMILES string of the molecule is CCOCCOc1ccccc1C(=O)N1CCN(CCCc2nc(-c3ccc(C)cc3)no2)CC1. The summed E-state index contributed by atoms with van der Waals surface area (Å²) < 4.78 is 16.6. The molecule has 4 rings (SSSR count). The van der Waals surface area contributed by atoms with Crippen molar-refractivity contribution in [2.75, 3.05) is 52.5 Å². The standard InChI is InChI=1S/C27H34N4O4/c1-3-33-19-20-34-24-8-5-4-7-23(24)27(32)31-17-15-30(16-18-31)14-6-9-25-28-26(29-35-25)22-12-10-21(2)11-13-22/h4-5,7-8,10-13H,3,6,9,14-20H2,1-2H3. The molecule has 8 nitrogen and oxygen atoms in total. The minimum Gasteiger partial charge on any atom is -0.490 e. The van der Waals surface area contributed by atoms with Crippen LogP contribution in [-0.2, 0) is 11.2 Å². The van der Waals surface area contributed by atoms with E-state index in [9.17, 15) is 4.79 Å². The van der Waals surface area contributed by atoms with Crippen LogP contribution in [0, 0.1) is 6.92 Å². The number of hydrogen-bond acceptors (Lipinski definition) is 7. The minimum absolute atomic E-state index is 0.0196. The summed E-state index contributed by atoms with van der Waals surface area (Å²) in [6.45, 7) is 9.61. The van der Waals surface area contributed by atoms with E-state index in [4.69, 9.17) is 14.0 Å². The van der Waals surface area contributed by atoms with E-state index in [0.717, 1.165) is 38.0 Å². The molecule has 0 saturated carbocycles. The molecule has 1 fully saturated rings. The molecule has 0 aliphatic carbocycles. The van der Waals surface area contributed by atoms with Gasteiger partial charge in [-0.1, -0.05) is 47.1 Å². The first kappa shape index (κ1) is 24.9. The fraction of sp³-hybridized carbons (Fsp3) is 0.444. The van der Waals surface area contributed by atoms with Gasteiger partial charge in [0.15, 0.2) is 0 Å². The number of aromatic nitrogens is 2. The van der Waals surface area contributed by atoms with Crippen molar-refractivity contribution in [3.8, 4) is 17.1 Å². The van der Waals surface area contributed by atoms with Crippen LogP contribution < -0.4 is 4.74 Å². The fourth-order valence-corrected chi connectivity index (χ4v) is 4.10. The molecular weight excluding hydrogens is 444 g/mol. The van der Waals surface area contributed by atoms with E-state index in [1.165, 1.54) is 5.56 Å². The molecule has 1 aliphatic heterocycles. The van der Waals surface area contributed by atoms with E-state index in [1.54, 1.807) is 0 Å². The molecule has 0 bridgehead atoms. The molecule has 0 spiro atoms. The molecule has 1 saturated heterocycles. The van der Waals surface area contributed by atoms with Gasteiger partial charge in [0.25, 0.3) is 5.91 Å². The first-order chi connectivity index (χ1) is 17.1. The largest absolute Gasteiger partial charge is 0.490 e. The van der Waals surface area contributed by atoms with Gasteiger partial charge < -0.3 is 18.9 Å². The lowest BCUT2D eigenvalue weighted by molar-refractivity contribution is 0.0627. The number of para-hydroxylation sites is 1. The first-order valence-corrected chi connectivity index (χ1v) is 12.3. The number of piperazine rings is 1. The summed E-state index contributed by atoms with van der Waals surface area (Å²) in [5.74, 6) is 1.93. The molecule has 2 heterocycles. The Morgan fingerprint density at radius 2 is 1.80 bits per heavy atom. The zero-order valence-corrected chi connectivity index (χ0v) is 20.6. The highest BCUT2D eigenvalue weighted by atomic mass is 16.5. The predicted octanol–water partition coefficient (Wildman–Crippen LogP) is 3.85. The van der Waals surface area contributed by atoms with Gasteiger partial charge in [-0.3, -0.25) is 9.69 Å². The second-order valence-corrected chi connectivity index (χ2v) is 8.66. The van der Waals surface area contributed by atoms with Crippen molar-refractivity contribution in [2.24, 2.45) is 0 Å². The lowest BCUT2D eigenvalue weighted by atomic mass is 10.1. The van der Waals surface area contributed by atoms with Crippen molar-refractivity contribution >= 4 is 5.91 Å². The number of carbonyl (C=O) groups excluding carboxylic acids is 1. The van der Waals surface area contributed by atoms with Gasteiger partial charge >= 0.3 is 0 Å². The number of carbonyl (C=O) groups is 1. The Bertz CT molecular complexity index is 1070. The van der Waals surface area contributed by atoms with E-state index < -0.39 is 0 Å². The number of rotatable bonds is 11. The van der Waals surface area contributed by atoms with E-state index in [2.05, 4.69) is 22.0 Å². The molecule has 8 heteroatoms. The van der Waals surface area contributed by atoms with Crippen molar-refractivity contribution in [3.63, 3.8) is 0 Å². The van der Waals surface area contributed by atoms with Crippen LogP contribution in [0.1, 0.15) is 35.2 Å². The quantitative estimate of drug-likeness (QED) is 0.387. The third-order valence-electron chi connectivity index (χ3n) is 6.11. The van der Waals surface area contributed by atoms with Crippen molar-refractivity contribution < 1.29 is 18.8 Å². The van der Waals surface area contributed by atoms with Crippen LogP contribution in [0.4, 0.5) is 0 Å². The predicted molar refractivity (Wildman–Crippen MR) is 134 cm³/mol. The molecule has 1 amide bonds. The van der Waals surface area contributed by atoms with Gasteiger partial charge in [0.2, 0.25) is 11.7 Å². The van der Waals surface area contributed by atoms with Gasteiger partial charge in [-0.05, 0) is 38.9 Å². The Hall–Kier alpha value is -3.23. The maximum atomic E-state index is 13.1. The van der Waals surface area contributed by atoms with Gasteiger partial charge in [0.05, 0.1) is 12.2 Å². The van der Waals surface area contributed by atoms with E-state index >= 15 is 0 Å². The lowest BCUT2D eigenvalue weighted by Crippen LogP contribution is -2.49. The van der Waals surface area contributed by atoms with Crippen LogP contribution in [-0.4, -0.2) is 78.4 Å². The smallest absolute Gasteiger partial charge is 0.257 e. The average Bonchev–Trinajstić information content (AvgIpc) is 3.36. The molecular formula is C27H34N4O4. The Balaban J connectivity index is 1.21. The topological polar surface area (TPSA) is 80.9 Å². The van der Waals surface area contributed by atoms with Gasteiger partial charge in [0, 0.05) is 44.8 Å². The third kappa shape index (κ3) is 6.90. The van der Waals surface area contributed by atoms with Crippen LogP contribution in [0.3, 0.4) is 0 Å². The highest BCUT2D eigenvalue weighted by Crippen LogP contribution is 2.21. The summed E-state index contributed by atoms with van der Waals surface area (Å²) in [5, 5.41) is 4.11. The van der Waals surface area contributed by atoms with Crippen molar-refractivity contribution in [2.45, 2.75) is 26.7 Å². The molecule has 2 aromatic carbocycles. The number of hydrogen-bond donors (Lipinski definition) is 0. The van der Waals surface area contributed by atoms with Gasteiger partial charge in [-0.15, -0.1) is 0 Å². The normalized spacial score (nSPS) is 14.3. The molecule has 1 aliphatic rings. The monoisotopic (exact) mass is 478 g/mol. The van der Waals surface area contributed by atoms with Gasteiger partial charge in [-0.2, -0.15) is 4.98 Å². The maximum Gasteiger partial charge on any atom is 0.257 e. The van der Waals surface area contributed by atoms with Crippen LogP contribution in [0.15, 0.2) is 53.1 Å². The second-order valence-electron chi connectivity index (χ2n) is 8.66. The summed E-state index contributed by atoms with van der Waals surface area (Å²) in [7, 11) is 0. The molecule has 0 N–H and O–H groups in total. The third-order valence-corrected chi connectivity index (χ3v) is 6.11. The minimum atomic E-state index is 0.0196. The van der Waals surface area contributed by atoms with Crippen LogP contribution >= 0.6 is 0 Å². The highest BCUT2D eigenvalue weighted by molar-refractivity contribution is 5.97. The molecule has 186 valence electrons. The highest BCUT2D eigenvalue weighted by Gasteiger charge is 2.24. The molecule has 35 heavy (non-hydrogen) atoms. The number of benzene rings is 2. The zero-order chi connectivity index (χ0) is 24.5. The van der Waals surface area contributed by atoms with Crippen molar-refractivity contribution in [1.82, 2.24) is 19.9 Å². The molecule has 0 unspecified atom stereocenters. The van der Waals surface area contributed by atoms with E-state index in [1.807, 2.05) is 60.4 Å². The Labute approximate surface area is 206 Å². The molecule has 0 atom stereocenters. The van der Waals surface area contributed by atoms with E-state index in [-0.39, 0.29) is 5.91 Å². The van der Waals surface area contributed by atoms with Crippen molar-refractivity contribution in [1.29, 1.82) is 0 Å². The number of amides is 1. The fourth-order valence-electron chi connectivity index (χ4n) is 4.10. The summed E-state index contributed by atoms with van der Waals surface area (Å²) >= 11 is 0. The number of ether oxygens (including phenoxy) is 2. The van der Waals surface area contributed by atoms with Crippen LogP contribution in [0.2, 0.25) is 0 Å². The second kappa shape index (κ2) is 12.5. The summed E-state index contributed by atoms with van der Waals surface area (Å²) in [6, 6.07) is 15.6. The summed E-state index contributed by atoms with van der Waals surface area (Å²) in [4.78, 5) is 21.9. The van der Waals surface area contributed by atoms with Crippen LogP contribution in [0.5, 0.6) is 5.75 Å². The van der Waals surface area contributed by atoms with E-state index in [0.29, 0.717) is 55.9 Å². The lowest BCUT2D eigenvalue weighted by Gasteiger charge is -2.35. The molecule has 3 aromatic rings. The van der Waals surface area contributed by atoms with Gasteiger partial charge in [0.1, 0.15) is 12.4 Å². The Morgan fingerprint density at radius 1 is 1.03 bits per heavy atom. The number of aryl methyl sites for hydroxylation is 2.